The van der Waals surface area contributed by atoms with Gasteiger partial charge >= 0.3 is 11.9 Å². The van der Waals surface area contributed by atoms with E-state index in [1.54, 1.807) is 13.8 Å². The molecule has 0 aromatic heterocycles. The monoisotopic (exact) mass is 286 g/mol. The van der Waals surface area contributed by atoms with Gasteiger partial charge in [0.25, 0.3) is 0 Å². The largest absolute Gasteiger partial charge is 0.469 e. The van der Waals surface area contributed by atoms with Crippen LogP contribution in [-0.4, -0.2) is 19.0 Å². The van der Waals surface area contributed by atoms with Crippen LogP contribution in [0.4, 0.5) is 8.78 Å². The SMILES string of the molecule is COC(=O)CC(C)(C)CC(=O)Oc1cc(F)cc(F)c1. The van der Waals surface area contributed by atoms with Gasteiger partial charge in [0.1, 0.15) is 17.4 Å². The lowest BCUT2D eigenvalue weighted by atomic mass is 9.86. The highest BCUT2D eigenvalue weighted by atomic mass is 19.1. The number of ether oxygens (including phenoxy) is 2. The molecule has 1 aromatic carbocycles. The molecule has 0 radical (unpaired) electrons. The van der Waals surface area contributed by atoms with Crippen molar-refractivity contribution in [3.05, 3.63) is 29.8 Å². The van der Waals surface area contributed by atoms with Crippen LogP contribution in [0.3, 0.4) is 0 Å². The van der Waals surface area contributed by atoms with E-state index in [-0.39, 0.29) is 18.6 Å². The second-order valence-electron chi connectivity index (χ2n) is 5.17. The molecule has 0 aliphatic rings. The van der Waals surface area contributed by atoms with Crippen molar-refractivity contribution in [1.82, 2.24) is 0 Å². The number of carbonyl (C=O) groups excluding carboxylic acids is 2. The summed E-state index contributed by atoms with van der Waals surface area (Å²) in [4.78, 5) is 22.9. The molecule has 0 aliphatic heterocycles. The van der Waals surface area contributed by atoms with Crippen molar-refractivity contribution in [1.29, 1.82) is 0 Å². The summed E-state index contributed by atoms with van der Waals surface area (Å²) in [6, 6.07) is 2.50. The molecule has 0 spiro atoms. The smallest absolute Gasteiger partial charge is 0.311 e. The van der Waals surface area contributed by atoms with Crippen LogP contribution in [-0.2, 0) is 14.3 Å². The molecule has 0 aliphatic carbocycles. The Morgan fingerprint density at radius 1 is 1.05 bits per heavy atom. The van der Waals surface area contributed by atoms with Gasteiger partial charge in [-0.1, -0.05) is 13.8 Å². The van der Waals surface area contributed by atoms with E-state index in [0.29, 0.717) is 6.07 Å². The van der Waals surface area contributed by atoms with Gasteiger partial charge in [-0.25, -0.2) is 8.78 Å². The minimum atomic E-state index is -0.832. The zero-order valence-corrected chi connectivity index (χ0v) is 11.5. The Hall–Kier alpha value is -1.98. The molecule has 0 unspecified atom stereocenters. The van der Waals surface area contributed by atoms with Crippen LogP contribution < -0.4 is 4.74 Å². The van der Waals surface area contributed by atoms with E-state index in [9.17, 15) is 18.4 Å². The Morgan fingerprint density at radius 2 is 1.55 bits per heavy atom. The number of methoxy groups -OCH3 is 1. The minimum Gasteiger partial charge on any atom is -0.469 e. The van der Waals surface area contributed by atoms with Gasteiger partial charge in [-0.3, -0.25) is 9.59 Å². The highest BCUT2D eigenvalue weighted by Gasteiger charge is 2.27. The fourth-order valence-electron chi connectivity index (χ4n) is 1.67. The Kier molecular flexibility index (Phi) is 5.19. The Bertz CT molecular complexity index is 492. The van der Waals surface area contributed by atoms with Crippen molar-refractivity contribution in [2.24, 2.45) is 5.41 Å². The first-order valence-electron chi connectivity index (χ1n) is 5.95. The second-order valence-corrected chi connectivity index (χ2v) is 5.17. The molecule has 0 atom stereocenters. The fourth-order valence-corrected chi connectivity index (χ4v) is 1.67. The van der Waals surface area contributed by atoms with Crippen molar-refractivity contribution in [3.63, 3.8) is 0 Å². The number of esters is 2. The Balaban J connectivity index is 2.65. The third-order valence-electron chi connectivity index (χ3n) is 2.54. The van der Waals surface area contributed by atoms with Crippen LogP contribution in [0.2, 0.25) is 0 Å². The van der Waals surface area contributed by atoms with E-state index in [0.717, 1.165) is 12.1 Å². The number of hydrogen-bond acceptors (Lipinski definition) is 4. The zero-order valence-electron chi connectivity index (χ0n) is 11.5. The van der Waals surface area contributed by atoms with Gasteiger partial charge in [-0.05, 0) is 5.41 Å². The molecule has 110 valence electrons. The third-order valence-corrected chi connectivity index (χ3v) is 2.54. The van der Waals surface area contributed by atoms with E-state index >= 15 is 0 Å². The van der Waals surface area contributed by atoms with Gasteiger partial charge < -0.3 is 9.47 Å². The molecule has 6 heteroatoms. The van der Waals surface area contributed by atoms with E-state index < -0.39 is 29.0 Å². The maximum atomic E-state index is 12.9. The lowest BCUT2D eigenvalue weighted by Crippen LogP contribution is -2.24. The average molecular weight is 286 g/mol. The van der Waals surface area contributed by atoms with E-state index in [1.807, 2.05) is 0 Å². The number of rotatable bonds is 5. The molecule has 1 aromatic rings. The van der Waals surface area contributed by atoms with Crippen LogP contribution in [0.1, 0.15) is 26.7 Å². The predicted octanol–water partition coefficient (Wildman–Crippen LogP) is 2.85. The average Bonchev–Trinajstić information content (AvgIpc) is 2.25. The third kappa shape index (κ3) is 5.34. The normalized spacial score (nSPS) is 11.1. The summed E-state index contributed by atoms with van der Waals surface area (Å²) in [6.07, 6.45) is -0.0453. The molecule has 0 fully saturated rings. The molecule has 0 bridgehead atoms. The molecule has 0 saturated heterocycles. The summed E-state index contributed by atoms with van der Waals surface area (Å²) in [5, 5.41) is 0. The predicted molar refractivity (Wildman–Crippen MR) is 67.0 cm³/mol. The first-order chi connectivity index (χ1) is 9.21. The molecule has 0 saturated carbocycles. The molecular formula is C14H16F2O4. The summed E-state index contributed by atoms with van der Waals surface area (Å²) in [7, 11) is 1.26. The van der Waals surface area contributed by atoms with Crippen molar-refractivity contribution in [2.45, 2.75) is 26.7 Å². The van der Waals surface area contributed by atoms with E-state index in [4.69, 9.17) is 4.74 Å². The minimum absolute atomic E-state index is 0.0378. The molecular weight excluding hydrogens is 270 g/mol. The van der Waals surface area contributed by atoms with Crippen molar-refractivity contribution < 1.29 is 27.8 Å². The Morgan fingerprint density at radius 3 is 2.05 bits per heavy atom. The molecule has 0 N–H and O–H groups in total. The molecule has 0 amide bonds. The quantitative estimate of drug-likeness (QED) is 0.617. The number of halogens is 2. The van der Waals surface area contributed by atoms with Crippen molar-refractivity contribution in [3.8, 4) is 5.75 Å². The summed E-state index contributed by atoms with van der Waals surface area (Å²) >= 11 is 0. The summed E-state index contributed by atoms with van der Waals surface area (Å²) in [5.74, 6) is -2.99. The topological polar surface area (TPSA) is 52.6 Å². The van der Waals surface area contributed by atoms with Crippen LogP contribution >= 0.6 is 0 Å². The maximum Gasteiger partial charge on any atom is 0.311 e. The van der Waals surface area contributed by atoms with E-state index in [2.05, 4.69) is 4.74 Å². The van der Waals surface area contributed by atoms with Gasteiger partial charge in [0.2, 0.25) is 0 Å². The van der Waals surface area contributed by atoms with Crippen LogP contribution in [0.25, 0.3) is 0 Å². The number of benzene rings is 1. The zero-order chi connectivity index (χ0) is 15.3. The Labute approximate surface area is 115 Å². The number of carbonyl (C=O) groups is 2. The second kappa shape index (κ2) is 6.45. The lowest BCUT2D eigenvalue weighted by Gasteiger charge is -2.21. The summed E-state index contributed by atoms with van der Waals surface area (Å²) in [5.41, 5.74) is -0.671. The van der Waals surface area contributed by atoms with Crippen LogP contribution in [0, 0.1) is 17.0 Å². The molecule has 20 heavy (non-hydrogen) atoms. The highest BCUT2D eigenvalue weighted by Crippen LogP contribution is 2.27. The van der Waals surface area contributed by atoms with Gasteiger partial charge in [0.05, 0.1) is 20.0 Å². The molecule has 0 heterocycles. The van der Waals surface area contributed by atoms with Crippen LogP contribution in [0.15, 0.2) is 18.2 Å². The summed E-state index contributed by atoms with van der Waals surface area (Å²) in [6.45, 7) is 3.38. The molecule has 1 rings (SSSR count). The maximum absolute atomic E-state index is 12.9. The van der Waals surface area contributed by atoms with Gasteiger partial charge in [0, 0.05) is 18.2 Å². The number of hydrogen-bond donors (Lipinski definition) is 0. The highest BCUT2D eigenvalue weighted by molar-refractivity contribution is 5.75. The first-order valence-corrected chi connectivity index (χ1v) is 5.95. The lowest BCUT2D eigenvalue weighted by molar-refractivity contribution is -0.144. The fraction of sp³-hybridized carbons (Fsp3) is 0.429. The van der Waals surface area contributed by atoms with Gasteiger partial charge in [-0.2, -0.15) is 0 Å². The first kappa shape index (κ1) is 16.1. The molecule has 4 nitrogen and oxygen atoms in total. The van der Waals surface area contributed by atoms with Gasteiger partial charge in [0.15, 0.2) is 0 Å². The summed E-state index contributed by atoms with van der Waals surface area (Å²) < 4.78 is 35.3. The van der Waals surface area contributed by atoms with Gasteiger partial charge in [-0.15, -0.1) is 0 Å². The van der Waals surface area contributed by atoms with E-state index in [1.165, 1.54) is 7.11 Å². The van der Waals surface area contributed by atoms with Crippen LogP contribution in [0.5, 0.6) is 5.75 Å². The standard InChI is InChI=1S/C14H16F2O4/c1-14(2,7-12(17)19-3)8-13(18)20-11-5-9(15)4-10(16)6-11/h4-6H,7-8H2,1-3H3. The van der Waals surface area contributed by atoms with Crippen molar-refractivity contribution >= 4 is 11.9 Å². The van der Waals surface area contributed by atoms with Crippen molar-refractivity contribution in [2.75, 3.05) is 7.11 Å².